The molecule has 2 aromatic carbocycles. The van der Waals surface area contributed by atoms with Crippen LogP contribution in [-0.4, -0.2) is 27.7 Å². The van der Waals surface area contributed by atoms with Crippen molar-refractivity contribution in [3.63, 3.8) is 0 Å². The van der Waals surface area contributed by atoms with Gasteiger partial charge in [-0.2, -0.15) is 14.9 Å². The van der Waals surface area contributed by atoms with E-state index >= 15 is 0 Å². The number of hydrogen-bond acceptors (Lipinski definition) is 5. The number of rotatable bonds is 7. The molecule has 1 N–H and O–H groups in total. The van der Waals surface area contributed by atoms with Gasteiger partial charge in [0.1, 0.15) is 18.8 Å². The third-order valence-corrected chi connectivity index (χ3v) is 3.75. The number of ether oxygens (including phenoxy) is 2. The van der Waals surface area contributed by atoms with Gasteiger partial charge in [0.15, 0.2) is 11.5 Å². The van der Waals surface area contributed by atoms with Gasteiger partial charge in [0, 0.05) is 5.56 Å². The average molecular weight is 372 g/mol. The maximum Gasteiger partial charge on any atom is 0.216 e. The van der Waals surface area contributed by atoms with Crippen LogP contribution in [0.25, 0.3) is 0 Å². The standard InChI is InChI=1S/C18H17FN4O2S/c1-2-24-17-9-13(10-21-23-12-20-22-18(23)26)7-8-16(17)25-11-14-5-3-4-6-15(14)19/h3-10,12H,2,11H2,1H3,(H,22,26)/b21-10-. The highest BCUT2D eigenvalue weighted by atomic mass is 32.1. The predicted octanol–water partition coefficient (Wildman–Crippen LogP) is 3.94. The molecule has 0 spiro atoms. The molecular weight excluding hydrogens is 355 g/mol. The molecule has 0 amide bonds. The Balaban J connectivity index is 1.78. The van der Waals surface area contributed by atoms with Crippen molar-refractivity contribution >= 4 is 18.4 Å². The van der Waals surface area contributed by atoms with Crippen molar-refractivity contribution in [1.82, 2.24) is 14.9 Å². The molecule has 3 rings (SSSR count). The van der Waals surface area contributed by atoms with Crippen LogP contribution in [0.4, 0.5) is 4.39 Å². The van der Waals surface area contributed by atoms with Crippen LogP contribution in [0.15, 0.2) is 53.9 Å². The molecule has 0 bridgehead atoms. The number of benzene rings is 2. The van der Waals surface area contributed by atoms with Crippen LogP contribution in [0.2, 0.25) is 0 Å². The molecule has 0 saturated carbocycles. The van der Waals surface area contributed by atoms with Crippen molar-refractivity contribution in [2.24, 2.45) is 5.10 Å². The summed E-state index contributed by atoms with van der Waals surface area (Å²) in [7, 11) is 0. The summed E-state index contributed by atoms with van der Waals surface area (Å²) in [6, 6.07) is 11.9. The molecule has 0 radical (unpaired) electrons. The largest absolute Gasteiger partial charge is 0.490 e. The van der Waals surface area contributed by atoms with Crippen molar-refractivity contribution in [3.8, 4) is 11.5 Å². The molecule has 0 atom stereocenters. The Morgan fingerprint density at radius 2 is 2.08 bits per heavy atom. The average Bonchev–Trinajstić information content (AvgIpc) is 3.05. The summed E-state index contributed by atoms with van der Waals surface area (Å²) in [6.45, 7) is 2.47. The lowest BCUT2D eigenvalue weighted by molar-refractivity contribution is 0.266. The summed E-state index contributed by atoms with van der Waals surface area (Å²) in [5, 5.41) is 10.6. The van der Waals surface area contributed by atoms with E-state index in [1.54, 1.807) is 36.5 Å². The zero-order chi connectivity index (χ0) is 18.4. The highest BCUT2D eigenvalue weighted by Gasteiger charge is 2.08. The third kappa shape index (κ3) is 4.34. The Morgan fingerprint density at radius 3 is 2.81 bits per heavy atom. The first-order valence-corrected chi connectivity index (χ1v) is 8.37. The van der Waals surface area contributed by atoms with E-state index in [4.69, 9.17) is 21.7 Å². The van der Waals surface area contributed by atoms with E-state index in [1.165, 1.54) is 17.1 Å². The van der Waals surface area contributed by atoms with E-state index in [1.807, 2.05) is 13.0 Å². The van der Waals surface area contributed by atoms with E-state index in [2.05, 4.69) is 15.3 Å². The first kappa shape index (κ1) is 17.8. The zero-order valence-electron chi connectivity index (χ0n) is 14.1. The molecular formula is C18H17FN4O2S. The summed E-state index contributed by atoms with van der Waals surface area (Å²) < 4.78 is 26.9. The highest BCUT2D eigenvalue weighted by Crippen LogP contribution is 2.29. The smallest absolute Gasteiger partial charge is 0.216 e. The van der Waals surface area contributed by atoms with Crippen LogP contribution in [-0.2, 0) is 6.61 Å². The Kier molecular flexibility index (Phi) is 5.75. The van der Waals surface area contributed by atoms with Crippen molar-refractivity contribution in [2.45, 2.75) is 13.5 Å². The highest BCUT2D eigenvalue weighted by molar-refractivity contribution is 7.71. The topological polar surface area (TPSA) is 64.4 Å². The second-order valence-corrected chi connectivity index (χ2v) is 5.66. The number of hydrogen-bond donors (Lipinski definition) is 1. The van der Waals surface area contributed by atoms with E-state index < -0.39 is 0 Å². The Morgan fingerprint density at radius 1 is 1.23 bits per heavy atom. The van der Waals surface area contributed by atoms with Crippen LogP contribution < -0.4 is 9.47 Å². The van der Waals surface area contributed by atoms with Crippen LogP contribution >= 0.6 is 12.2 Å². The molecule has 0 aliphatic heterocycles. The van der Waals surface area contributed by atoms with Gasteiger partial charge in [-0.05, 0) is 49.0 Å². The fraction of sp³-hybridized carbons (Fsp3) is 0.167. The minimum atomic E-state index is -0.300. The van der Waals surface area contributed by atoms with Gasteiger partial charge in [-0.25, -0.2) is 4.39 Å². The number of aromatic amines is 1. The fourth-order valence-electron chi connectivity index (χ4n) is 2.22. The Labute approximate surface area is 154 Å². The summed E-state index contributed by atoms with van der Waals surface area (Å²) >= 11 is 5.04. The minimum absolute atomic E-state index is 0.115. The predicted molar refractivity (Wildman–Crippen MR) is 98.7 cm³/mol. The molecule has 0 aliphatic rings. The second-order valence-electron chi connectivity index (χ2n) is 5.27. The van der Waals surface area contributed by atoms with Gasteiger partial charge in [0.05, 0.1) is 12.8 Å². The van der Waals surface area contributed by atoms with E-state index in [0.29, 0.717) is 28.4 Å². The lowest BCUT2D eigenvalue weighted by Gasteiger charge is -2.13. The first-order valence-electron chi connectivity index (χ1n) is 7.97. The summed E-state index contributed by atoms with van der Waals surface area (Å²) in [6.07, 6.45) is 3.11. The van der Waals surface area contributed by atoms with Gasteiger partial charge in [-0.3, -0.25) is 5.10 Å². The van der Waals surface area contributed by atoms with Gasteiger partial charge in [0.25, 0.3) is 0 Å². The van der Waals surface area contributed by atoms with Crippen LogP contribution in [0.3, 0.4) is 0 Å². The summed E-state index contributed by atoms with van der Waals surface area (Å²) in [4.78, 5) is 0. The maximum atomic E-state index is 13.7. The molecule has 0 aliphatic carbocycles. The molecule has 8 heteroatoms. The monoisotopic (exact) mass is 372 g/mol. The molecule has 0 saturated heterocycles. The van der Waals surface area contributed by atoms with Crippen molar-refractivity contribution in [2.75, 3.05) is 6.61 Å². The lowest BCUT2D eigenvalue weighted by Crippen LogP contribution is -2.02. The van der Waals surface area contributed by atoms with Gasteiger partial charge in [-0.1, -0.05) is 18.2 Å². The number of nitrogens with zero attached hydrogens (tertiary/aromatic N) is 3. The molecule has 3 aromatic rings. The van der Waals surface area contributed by atoms with Crippen LogP contribution in [0.5, 0.6) is 11.5 Å². The number of aromatic nitrogens is 3. The van der Waals surface area contributed by atoms with Crippen molar-refractivity contribution < 1.29 is 13.9 Å². The number of halogens is 1. The molecule has 134 valence electrons. The van der Waals surface area contributed by atoms with E-state index in [9.17, 15) is 4.39 Å². The van der Waals surface area contributed by atoms with E-state index in [-0.39, 0.29) is 12.4 Å². The second kappa shape index (κ2) is 8.39. The fourth-order valence-corrected chi connectivity index (χ4v) is 2.36. The SMILES string of the molecule is CCOc1cc(/C=N\n2cn[nH]c2=S)ccc1OCc1ccccc1F. The van der Waals surface area contributed by atoms with Crippen LogP contribution in [0, 0.1) is 10.6 Å². The molecule has 1 aromatic heterocycles. The lowest BCUT2D eigenvalue weighted by atomic mass is 10.2. The van der Waals surface area contributed by atoms with Gasteiger partial charge < -0.3 is 9.47 Å². The van der Waals surface area contributed by atoms with Gasteiger partial charge >= 0.3 is 0 Å². The minimum Gasteiger partial charge on any atom is -0.490 e. The molecule has 6 nitrogen and oxygen atoms in total. The Hall–Kier alpha value is -3.00. The van der Waals surface area contributed by atoms with E-state index in [0.717, 1.165) is 5.56 Å². The summed E-state index contributed by atoms with van der Waals surface area (Å²) in [5.41, 5.74) is 1.28. The zero-order valence-corrected chi connectivity index (χ0v) is 14.9. The molecule has 1 heterocycles. The van der Waals surface area contributed by atoms with Crippen molar-refractivity contribution in [3.05, 3.63) is 70.5 Å². The molecule has 0 unspecified atom stereocenters. The number of nitrogens with one attached hydrogen (secondary N) is 1. The molecule has 0 fully saturated rings. The summed E-state index contributed by atoms with van der Waals surface area (Å²) in [5.74, 6) is 0.793. The molecule has 26 heavy (non-hydrogen) atoms. The normalized spacial score (nSPS) is 11.0. The van der Waals surface area contributed by atoms with Gasteiger partial charge in [0.2, 0.25) is 4.77 Å². The van der Waals surface area contributed by atoms with Gasteiger partial charge in [-0.15, -0.1) is 0 Å². The van der Waals surface area contributed by atoms with Crippen LogP contribution in [0.1, 0.15) is 18.1 Å². The first-order chi connectivity index (χ1) is 12.7. The Bertz CT molecular complexity index is 968. The number of H-pyrrole nitrogens is 1. The van der Waals surface area contributed by atoms with Crippen molar-refractivity contribution in [1.29, 1.82) is 0 Å². The quantitative estimate of drug-likeness (QED) is 0.504. The third-order valence-electron chi connectivity index (χ3n) is 3.48. The maximum absolute atomic E-state index is 13.7.